The van der Waals surface area contributed by atoms with Gasteiger partial charge in [0, 0.05) is 0 Å². The summed E-state index contributed by atoms with van der Waals surface area (Å²) < 4.78 is 25.6. The molecule has 0 aromatic carbocycles. The maximum absolute atomic E-state index is 10.6. The molecule has 0 amide bonds. The summed E-state index contributed by atoms with van der Waals surface area (Å²) in [5.41, 5.74) is 0. The van der Waals surface area contributed by atoms with Gasteiger partial charge in [-0.3, -0.25) is 4.18 Å². The molecular formula is C6H10O3S. The number of hydrogen-bond acceptors (Lipinski definition) is 3. The first-order chi connectivity index (χ1) is 4.62. The largest absolute Gasteiger partial charge is 0.267 e. The van der Waals surface area contributed by atoms with E-state index >= 15 is 0 Å². The van der Waals surface area contributed by atoms with Gasteiger partial charge in [-0.15, -0.1) is 5.92 Å². The quantitative estimate of drug-likeness (QED) is 0.445. The van der Waals surface area contributed by atoms with Crippen LogP contribution in [0.4, 0.5) is 0 Å². The van der Waals surface area contributed by atoms with Crippen molar-refractivity contribution < 1.29 is 12.6 Å². The smallest absolute Gasteiger partial charge is 0.257 e. The van der Waals surface area contributed by atoms with Crippen LogP contribution in [0.1, 0.15) is 13.8 Å². The number of rotatable bonds is 3. The van der Waals surface area contributed by atoms with Crippen molar-refractivity contribution in [2.45, 2.75) is 13.8 Å². The standard InChI is InChI=1S/C6H10O3S/c1-3-5-6-9-10(7,8)4-2/h4,6H2,1-2H3. The highest BCUT2D eigenvalue weighted by atomic mass is 32.2. The predicted molar refractivity (Wildman–Crippen MR) is 38.9 cm³/mol. The molecule has 0 aromatic rings. The van der Waals surface area contributed by atoms with Crippen LogP contribution >= 0.6 is 0 Å². The van der Waals surface area contributed by atoms with Crippen molar-refractivity contribution in [3.05, 3.63) is 0 Å². The van der Waals surface area contributed by atoms with Gasteiger partial charge < -0.3 is 0 Å². The Bertz CT molecular complexity index is 229. The fourth-order valence-corrected chi connectivity index (χ4v) is 0.680. The maximum atomic E-state index is 10.6. The van der Waals surface area contributed by atoms with Gasteiger partial charge >= 0.3 is 0 Å². The second kappa shape index (κ2) is 4.31. The molecule has 0 heterocycles. The van der Waals surface area contributed by atoms with Crippen LogP contribution in [-0.2, 0) is 14.3 Å². The average molecular weight is 162 g/mol. The van der Waals surface area contributed by atoms with Crippen LogP contribution in [0.3, 0.4) is 0 Å². The molecule has 0 aliphatic rings. The second-order valence-electron chi connectivity index (χ2n) is 1.54. The Morgan fingerprint density at radius 1 is 1.50 bits per heavy atom. The Morgan fingerprint density at radius 3 is 2.50 bits per heavy atom. The van der Waals surface area contributed by atoms with E-state index in [0.29, 0.717) is 0 Å². The van der Waals surface area contributed by atoms with Crippen molar-refractivity contribution in [1.29, 1.82) is 0 Å². The van der Waals surface area contributed by atoms with Crippen molar-refractivity contribution in [3.8, 4) is 11.8 Å². The molecule has 0 rings (SSSR count). The molecule has 0 N–H and O–H groups in total. The fourth-order valence-electron chi connectivity index (χ4n) is 0.275. The molecule has 0 aliphatic heterocycles. The van der Waals surface area contributed by atoms with E-state index in [0.717, 1.165) is 0 Å². The van der Waals surface area contributed by atoms with Gasteiger partial charge in [-0.2, -0.15) is 8.42 Å². The lowest BCUT2D eigenvalue weighted by Crippen LogP contribution is -2.07. The van der Waals surface area contributed by atoms with Crippen LogP contribution in [0, 0.1) is 11.8 Å². The van der Waals surface area contributed by atoms with E-state index in [1.807, 2.05) is 0 Å². The van der Waals surface area contributed by atoms with Gasteiger partial charge in [0.1, 0.15) is 6.61 Å². The Labute approximate surface area is 61.5 Å². The second-order valence-corrected chi connectivity index (χ2v) is 3.46. The monoisotopic (exact) mass is 162 g/mol. The molecule has 0 saturated heterocycles. The van der Waals surface area contributed by atoms with Crippen LogP contribution in [0.25, 0.3) is 0 Å². The zero-order valence-electron chi connectivity index (χ0n) is 6.05. The lowest BCUT2D eigenvalue weighted by atomic mass is 10.6. The molecule has 10 heavy (non-hydrogen) atoms. The summed E-state index contributed by atoms with van der Waals surface area (Å²) in [6, 6.07) is 0. The first kappa shape index (κ1) is 9.47. The summed E-state index contributed by atoms with van der Waals surface area (Å²) in [5, 5.41) is 0. The van der Waals surface area contributed by atoms with Gasteiger partial charge in [0.15, 0.2) is 0 Å². The van der Waals surface area contributed by atoms with E-state index < -0.39 is 10.1 Å². The van der Waals surface area contributed by atoms with Crippen LogP contribution in [0.5, 0.6) is 0 Å². The topological polar surface area (TPSA) is 43.4 Å². The third-order valence-corrected chi connectivity index (χ3v) is 2.03. The SMILES string of the molecule is CC#CCOS(=O)(=O)CC. The average Bonchev–Trinajstić information content (AvgIpc) is 1.89. The Kier molecular flexibility index (Phi) is 4.08. The van der Waals surface area contributed by atoms with E-state index in [1.165, 1.54) is 6.92 Å². The van der Waals surface area contributed by atoms with Crippen molar-refractivity contribution >= 4 is 10.1 Å². The third-order valence-electron chi connectivity index (χ3n) is 0.841. The zero-order chi connectivity index (χ0) is 8.04. The summed E-state index contributed by atoms with van der Waals surface area (Å²) in [7, 11) is -3.29. The molecule has 0 unspecified atom stereocenters. The minimum absolute atomic E-state index is 0.00159. The van der Waals surface area contributed by atoms with Gasteiger partial charge in [-0.05, 0) is 13.8 Å². The molecule has 0 radical (unpaired) electrons. The molecule has 0 saturated carbocycles. The highest BCUT2D eigenvalue weighted by molar-refractivity contribution is 7.86. The molecule has 3 nitrogen and oxygen atoms in total. The summed E-state index contributed by atoms with van der Waals surface area (Å²) in [4.78, 5) is 0. The lowest BCUT2D eigenvalue weighted by Gasteiger charge is -1.95. The predicted octanol–water partition coefficient (Wildman–Crippen LogP) is 0.376. The van der Waals surface area contributed by atoms with Crippen molar-refractivity contribution in [2.24, 2.45) is 0 Å². The van der Waals surface area contributed by atoms with Gasteiger partial charge in [0.25, 0.3) is 10.1 Å². The molecule has 4 heteroatoms. The molecule has 58 valence electrons. The third kappa shape index (κ3) is 4.36. The van der Waals surface area contributed by atoms with Crippen LogP contribution in [0.15, 0.2) is 0 Å². The van der Waals surface area contributed by atoms with Crippen LogP contribution in [-0.4, -0.2) is 20.8 Å². The van der Waals surface area contributed by atoms with E-state index in [2.05, 4.69) is 16.0 Å². The van der Waals surface area contributed by atoms with E-state index in [1.54, 1.807) is 6.92 Å². The molecule has 0 fully saturated rings. The molecule has 0 atom stereocenters. The van der Waals surface area contributed by atoms with Gasteiger partial charge in [-0.1, -0.05) is 5.92 Å². The summed E-state index contributed by atoms with van der Waals surface area (Å²) in [6.07, 6.45) is 0. The molecule has 0 bridgehead atoms. The van der Waals surface area contributed by atoms with Crippen LogP contribution < -0.4 is 0 Å². The van der Waals surface area contributed by atoms with E-state index in [9.17, 15) is 8.42 Å². The number of hydrogen-bond donors (Lipinski definition) is 0. The lowest BCUT2D eigenvalue weighted by molar-refractivity contribution is 0.364. The van der Waals surface area contributed by atoms with Gasteiger partial charge in [-0.25, -0.2) is 0 Å². The fraction of sp³-hybridized carbons (Fsp3) is 0.667. The van der Waals surface area contributed by atoms with Crippen molar-refractivity contribution in [1.82, 2.24) is 0 Å². The molecule has 0 spiro atoms. The Morgan fingerprint density at radius 2 is 2.10 bits per heavy atom. The van der Waals surface area contributed by atoms with E-state index in [4.69, 9.17) is 0 Å². The minimum Gasteiger partial charge on any atom is -0.257 e. The Balaban J connectivity index is 3.77. The Hall–Kier alpha value is -0.530. The normalized spacial score (nSPS) is 10.2. The zero-order valence-corrected chi connectivity index (χ0v) is 6.86. The van der Waals surface area contributed by atoms with Gasteiger partial charge in [0.2, 0.25) is 0 Å². The van der Waals surface area contributed by atoms with Crippen molar-refractivity contribution in [2.75, 3.05) is 12.4 Å². The molecule has 0 aliphatic carbocycles. The van der Waals surface area contributed by atoms with Crippen LogP contribution in [0.2, 0.25) is 0 Å². The summed E-state index contributed by atoms with van der Waals surface area (Å²) >= 11 is 0. The summed E-state index contributed by atoms with van der Waals surface area (Å²) in [6.45, 7) is 3.11. The first-order valence-corrected chi connectivity index (χ1v) is 4.47. The van der Waals surface area contributed by atoms with E-state index in [-0.39, 0.29) is 12.4 Å². The highest BCUT2D eigenvalue weighted by Gasteiger charge is 2.04. The highest BCUT2D eigenvalue weighted by Crippen LogP contribution is 1.89. The van der Waals surface area contributed by atoms with Crippen molar-refractivity contribution in [3.63, 3.8) is 0 Å². The maximum Gasteiger partial charge on any atom is 0.267 e. The summed E-state index contributed by atoms with van der Waals surface area (Å²) in [5.74, 6) is 5.01. The minimum atomic E-state index is -3.29. The molecule has 0 aromatic heterocycles. The molecular weight excluding hydrogens is 152 g/mol. The van der Waals surface area contributed by atoms with Gasteiger partial charge in [0.05, 0.1) is 5.75 Å². The first-order valence-electron chi connectivity index (χ1n) is 2.89.